The number of aryl methyl sites for hydroxylation is 2. The predicted molar refractivity (Wildman–Crippen MR) is 124 cm³/mol. The molecule has 0 N–H and O–H groups in total. The number of para-hydroxylation sites is 1. The monoisotopic (exact) mass is 447 g/mol. The van der Waals surface area contributed by atoms with Crippen molar-refractivity contribution in [1.82, 2.24) is 15.0 Å². The van der Waals surface area contributed by atoms with Gasteiger partial charge in [-0.05, 0) is 63.1 Å². The van der Waals surface area contributed by atoms with Gasteiger partial charge in [-0.1, -0.05) is 17.3 Å². The third-order valence-electron chi connectivity index (χ3n) is 6.11. The maximum atomic E-state index is 13.0. The average Bonchev–Trinajstić information content (AvgIpc) is 3.40. The zero-order chi connectivity index (χ0) is 22.1. The van der Waals surface area contributed by atoms with E-state index in [0.29, 0.717) is 18.1 Å². The fraction of sp³-hybridized carbons (Fsp3) is 0.320. The molecule has 0 spiro atoms. The van der Waals surface area contributed by atoms with Crippen molar-refractivity contribution in [2.75, 3.05) is 13.1 Å². The molecule has 164 valence electrons. The van der Waals surface area contributed by atoms with Gasteiger partial charge in [-0.2, -0.15) is 0 Å². The minimum Gasteiger partial charge on any atom is -0.489 e. The fourth-order valence-corrected chi connectivity index (χ4v) is 5.27. The lowest BCUT2D eigenvalue weighted by atomic mass is 9.97. The molecule has 5 rings (SSSR count). The first-order valence-electron chi connectivity index (χ1n) is 10.9. The molecule has 0 saturated carbocycles. The molecule has 0 bridgehead atoms. The number of piperidine rings is 1. The number of carbonyl (C=O) groups is 1. The van der Waals surface area contributed by atoms with Gasteiger partial charge in [0, 0.05) is 24.6 Å². The van der Waals surface area contributed by atoms with Gasteiger partial charge in [-0.3, -0.25) is 4.79 Å². The summed E-state index contributed by atoms with van der Waals surface area (Å²) in [5.41, 5.74) is 3.56. The van der Waals surface area contributed by atoms with Crippen LogP contribution in [0.5, 0.6) is 5.75 Å². The highest BCUT2D eigenvalue weighted by molar-refractivity contribution is 7.18. The molecule has 0 unspecified atom stereocenters. The molecule has 7 heteroatoms. The van der Waals surface area contributed by atoms with E-state index in [4.69, 9.17) is 14.2 Å². The molecule has 1 amide bonds. The van der Waals surface area contributed by atoms with Crippen LogP contribution in [-0.4, -0.2) is 34.0 Å². The molecule has 1 aliphatic rings. The number of rotatable bonds is 5. The second-order valence-corrected chi connectivity index (χ2v) is 9.26. The minimum atomic E-state index is 0.0741. The Morgan fingerprint density at radius 3 is 2.56 bits per heavy atom. The SMILES string of the molecule is Cc1noc(C)c1COc1ccc(C(=O)N2CCC(c3nc4ccccc4s3)CC2)cc1. The molecule has 3 heterocycles. The quantitative estimate of drug-likeness (QED) is 0.404. The Hall–Kier alpha value is -3.19. The van der Waals surface area contributed by atoms with Gasteiger partial charge in [0.1, 0.15) is 18.1 Å². The van der Waals surface area contributed by atoms with Crippen molar-refractivity contribution in [3.05, 3.63) is 76.1 Å². The van der Waals surface area contributed by atoms with E-state index < -0.39 is 0 Å². The first-order chi connectivity index (χ1) is 15.6. The van der Waals surface area contributed by atoms with Crippen molar-refractivity contribution in [3.63, 3.8) is 0 Å². The smallest absolute Gasteiger partial charge is 0.253 e. The number of likely N-dealkylation sites (tertiary alicyclic amines) is 1. The number of fused-ring (bicyclic) bond motifs is 1. The Morgan fingerprint density at radius 2 is 1.88 bits per heavy atom. The summed E-state index contributed by atoms with van der Waals surface area (Å²) in [4.78, 5) is 19.7. The summed E-state index contributed by atoms with van der Waals surface area (Å²) in [6.07, 6.45) is 1.90. The number of thiazole rings is 1. The highest BCUT2D eigenvalue weighted by atomic mass is 32.1. The number of ether oxygens (including phenoxy) is 1. The molecule has 2 aromatic heterocycles. The van der Waals surface area contributed by atoms with E-state index in [1.165, 1.54) is 9.71 Å². The van der Waals surface area contributed by atoms with Crippen LogP contribution in [0.4, 0.5) is 0 Å². The average molecular weight is 448 g/mol. The fourth-order valence-electron chi connectivity index (χ4n) is 4.13. The normalized spacial score (nSPS) is 14.8. The summed E-state index contributed by atoms with van der Waals surface area (Å²) in [5, 5.41) is 5.14. The highest BCUT2D eigenvalue weighted by Gasteiger charge is 2.26. The van der Waals surface area contributed by atoms with E-state index >= 15 is 0 Å². The number of aromatic nitrogens is 2. The van der Waals surface area contributed by atoms with Gasteiger partial charge in [-0.15, -0.1) is 11.3 Å². The van der Waals surface area contributed by atoms with Gasteiger partial charge in [0.2, 0.25) is 0 Å². The lowest BCUT2D eigenvalue weighted by molar-refractivity contribution is 0.0713. The van der Waals surface area contributed by atoms with Crippen LogP contribution in [-0.2, 0) is 6.61 Å². The third kappa shape index (κ3) is 4.12. The molecular weight excluding hydrogens is 422 g/mol. The zero-order valence-corrected chi connectivity index (χ0v) is 19.0. The van der Waals surface area contributed by atoms with Crippen LogP contribution in [0.1, 0.15) is 51.1 Å². The van der Waals surface area contributed by atoms with E-state index in [2.05, 4.69) is 23.4 Å². The van der Waals surface area contributed by atoms with Crippen LogP contribution < -0.4 is 4.74 Å². The van der Waals surface area contributed by atoms with E-state index in [9.17, 15) is 4.79 Å². The number of carbonyl (C=O) groups excluding carboxylic acids is 1. The van der Waals surface area contributed by atoms with Crippen molar-refractivity contribution in [2.45, 2.75) is 39.2 Å². The Balaban J connectivity index is 1.18. The van der Waals surface area contributed by atoms with Gasteiger partial charge >= 0.3 is 0 Å². The van der Waals surface area contributed by atoms with E-state index in [1.807, 2.05) is 49.1 Å². The highest BCUT2D eigenvalue weighted by Crippen LogP contribution is 2.34. The number of nitrogens with zero attached hydrogens (tertiary/aromatic N) is 3. The van der Waals surface area contributed by atoms with Gasteiger partial charge in [-0.25, -0.2) is 4.98 Å². The molecule has 6 nitrogen and oxygen atoms in total. The molecule has 0 radical (unpaired) electrons. The summed E-state index contributed by atoms with van der Waals surface area (Å²) >= 11 is 1.78. The van der Waals surface area contributed by atoms with Crippen LogP contribution in [0.3, 0.4) is 0 Å². The maximum absolute atomic E-state index is 13.0. The van der Waals surface area contributed by atoms with Crippen LogP contribution >= 0.6 is 11.3 Å². The van der Waals surface area contributed by atoms with Crippen molar-refractivity contribution in [1.29, 1.82) is 0 Å². The molecule has 0 aliphatic carbocycles. The molecule has 1 fully saturated rings. The standard InChI is InChI=1S/C25H25N3O3S/c1-16-21(17(2)31-27-16)15-30-20-9-7-19(8-10-20)25(29)28-13-11-18(12-14-28)24-26-22-5-3-4-6-23(22)32-24/h3-10,18H,11-15H2,1-2H3. The van der Waals surface area contributed by atoms with Gasteiger partial charge in [0.25, 0.3) is 5.91 Å². The topological polar surface area (TPSA) is 68.5 Å². The Kier molecular flexibility index (Phi) is 5.66. The number of amides is 1. The second kappa shape index (κ2) is 8.74. The second-order valence-electron chi connectivity index (χ2n) is 8.20. The van der Waals surface area contributed by atoms with Gasteiger partial charge in [0.15, 0.2) is 0 Å². The molecule has 2 aromatic carbocycles. The van der Waals surface area contributed by atoms with Crippen LogP contribution in [0.15, 0.2) is 53.1 Å². The largest absolute Gasteiger partial charge is 0.489 e. The number of hydrogen-bond donors (Lipinski definition) is 0. The molecule has 1 saturated heterocycles. The van der Waals surface area contributed by atoms with Crippen molar-refractivity contribution in [2.24, 2.45) is 0 Å². The molecule has 0 atom stereocenters. The molecular formula is C25H25N3O3S. The van der Waals surface area contributed by atoms with E-state index in [-0.39, 0.29) is 5.91 Å². The van der Waals surface area contributed by atoms with Crippen molar-refractivity contribution < 1.29 is 14.1 Å². The summed E-state index contributed by atoms with van der Waals surface area (Å²) in [5.74, 6) is 1.99. The first kappa shape index (κ1) is 20.7. The zero-order valence-electron chi connectivity index (χ0n) is 18.2. The summed E-state index contributed by atoms with van der Waals surface area (Å²) in [6.45, 7) is 5.68. The van der Waals surface area contributed by atoms with E-state index in [0.717, 1.165) is 54.2 Å². The van der Waals surface area contributed by atoms with Crippen LogP contribution in [0, 0.1) is 13.8 Å². The third-order valence-corrected chi connectivity index (χ3v) is 7.31. The summed E-state index contributed by atoms with van der Waals surface area (Å²) in [7, 11) is 0. The number of benzene rings is 2. The number of hydrogen-bond acceptors (Lipinski definition) is 6. The van der Waals surface area contributed by atoms with Gasteiger partial charge < -0.3 is 14.2 Å². The van der Waals surface area contributed by atoms with Crippen molar-refractivity contribution in [3.8, 4) is 5.75 Å². The Morgan fingerprint density at radius 1 is 1.12 bits per heavy atom. The van der Waals surface area contributed by atoms with E-state index in [1.54, 1.807) is 11.3 Å². The van der Waals surface area contributed by atoms with Gasteiger partial charge in [0.05, 0.1) is 26.5 Å². The lowest BCUT2D eigenvalue weighted by Gasteiger charge is -2.31. The van der Waals surface area contributed by atoms with Crippen LogP contribution in [0.2, 0.25) is 0 Å². The van der Waals surface area contributed by atoms with Crippen LogP contribution in [0.25, 0.3) is 10.2 Å². The predicted octanol–water partition coefficient (Wildman–Crippen LogP) is 5.50. The maximum Gasteiger partial charge on any atom is 0.253 e. The summed E-state index contributed by atoms with van der Waals surface area (Å²) in [6, 6.07) is 15.6. The summed E-state index contributed by atoms with van der Waals surface area (Å²) < 4.78 is 12.3. The Bertz CT molecular complexity index is 1180. The lowest BCUT2D eigenvalue weighted by Crippen LogP contribution is -2.37. The minimum absolute atomic E-state index is 0.0741. The molecule has 4 aromatic rings. The van der Waals surface area contributed by atoms with Crippen molar-refractivity contribution >= 4 is 27.5 Å². The Labute approximate surface area is 190 Å². The molecule has 1 aliphatic heterocycles. The molecule has 32 heavy (non-hydrogen) atoms. The first-order valence-corrected chi connectivity index (χ1v) is 11.7.